The van der Waals surface area contributed by atoms with Crippen LogP contribution in [-0.4, -0.2) is 30.6 Å². The van der Waals surface area contributed by atoms with Crippen molar-refractivity contribution in [1.29, 1.82) is 0 Å². The van der Waals surface area contributed by atoms with Crippen LogP contribution < -0.4 is 4.90 Å². The Balaban J connectivity index is 2.08. The second-order valence-corrected chi connectivity index (χ2v) is 5.53. The number of urea groups is 1. The van der Waals surface area contributed by atoms with Gasteiger partial charge >= 0.3 is 6.03 Å². The van der Waals surface area contributed by atoms with E-state index in [0.717, 1.165) is 37.5 Å². The van der Waals surface area contributed by atoms with Crippen molar-refractivity contribution >= 4 is 11.7 Å². The van der Waals surface area contributed by atoms with E-state index in [9.17, 15) is 4.79 Å². The zero-order chi connectivity index (χ0) is 13.8. The molecule has 1 saturated heterocycles. The third-order valence-corrected chi connectivity index (χ3v) is 3.95. The molecule has 2 rings (SSSR count). The Kier molecular flexibility index (Phi) is 4.46. The molecule has 0 aromatic heterocycles. The van der Waals surface area contributed by atoms with Gasteiger partial charge in [-0.25, -0.2) is 4.79 Å². The summed E-state index contributed by atoms with van der Waals surface area (Å²) >= 11 is 0. The lowest BCUT2D eigenvalue weighted by Crippen LogP contribution is -2.46. The molecule has 1 aromatic carbocycles. The Labute approximate surface area is 116 Å². The molecule has 0 unspecified atom stereocenters. The van der Waals surface area contributed by atoms with Gasteiger partial charge < -0.3 is 4.90 Å². The molecule has 1 aliphatic heterocycles. The standard InChI is InChI=1S/C16H24N2O/c1-4-18(15-7-5-13(2)6-8-15)16(19)17-11-9-14(3)10-12-17/h5-8,14H,4,9-12H2,1-3H3. The maximum absolute atomic E-state index is 12.6. The van der Waals surface area contributed by atoms with Crippen molar-refractivity contribution in [2.45, 2.75) is 33.6 Å². The molecule has 0 radical (unpaired) electrons. The maximum atomic E-state index is 12.6. The van der Waals surface area contributed by atoms with Crippen LogP contribution in [0.2, 0.25) is 0 Å². The first-order valence-electron chi connectivity index (χ1n) is 7.25. The van der Waals surface area contributed by atoms with Crippen molar-refractivity contribution in [3.8, 4) is 0 Å². The van der Waals surface area contributed by atoms with Crippen LogP contribution in [-0.2, 0) is 0 Å². The average Bonchev–Trinajstić information content (AvgIpc) is 2.42. The first-order valence-corrected chi connectivity index (χ1v) is 7.25. The van der Waals surface area contributed by atoms with Crippen LogP contribution in [0.15, 0.2) is 24.3 Å². The number of nitrogens with zero attached hydrogens (tertiary/aromatic N) is 2. The number of rotatable bonds is 2. The quantitative estimate of drug-likeness (QED) is 0.795. The lowest BCUT2D eigenvalue weighted by Gasteiger charge is -2.34. The molecule has 0 aliphatic carbocycles. The Morgan fingerprint density at radius 1 is 1.26 bits per heavy atom. The highest BCUT2D eigenvalue weighted by molar-refractivity contribution is 5.92. The highest BCUT2D eigenvalue weighted by Gasteiger charge is 2.24. The third kappa shape index (κ3) is 3.28. The van der Waals surface area contributed by atoms with Gasteiger partial charge in [0, 0.05) is 25.3 Å². The largest absolute Gasteiger partial charge is 0.324 e. The van der Waals surface area contributed by atoms with Gasteiger partial charge in [0.15, 0.2) is 0 Å². The van der Waals surface area contributed by atoms with E-state index < -0.39 is 0 Å². The molecule has 0 N–H and O–H groups in total. The number of piperidine rings is 1. The highest BCUT2D eigenvalue weighted by atomic mass is 16.2. The van der Waals surface area contributed by atoms with Crippen LogP contribution in [0.25, 0.3) is 0 Å². The normalized spacial score (nSPS) is 16.5. The number of benzene rings is 1. The summed E-state index contributed by atoms with van der Waals surface area (Å²) in [7, 11) is 0. The SMILES string of the molecule is CCN(C(=O)N1CCC(C)CC1)c1ccc(C)cc1. The molecule has 2 amide bonds. The van der Waals surface area contributed by atoms with Crippen molar-refractivity contribution in [2.24, 2.45) is 5.92 Å². The minimum Gasteiger partial charge on any atom is -0.324 e. The molecule has 1 aromatic rings. The van der Waals surface area contributed by atoms with Crippen LogP contribution in [0, 0.1) is 12.8 Å². The minimum absolute atomic E-state index is 0.151. The van der Waals surface area contributed by atoms with Crippen LogP contribution in [0.1, 0.15) is 32.3 Å². The van der Waals surface area contributed by atoms with Gasteiger partial charge in [-0.3, -0.25) is 4.90 Å². The zero-order valence-corrected chi connectivity index (χ0v) is 12.2. The van der Waals surface area contributed by atoms with Crippen LogP contribution >= 0.6 is 0 Å². The summed E-state index contributed by atoms with van der Waals surface area (Å²) in [5.41, 5.74) is 2.22. The summed E-state index contributed by atoms with van der Waals surface area (Å²) in [6.07, 6.45) is 2.24. The van der Waals surface area contributed by atoms with E-state index in [0.29, 0.717) is 6.54 Å². The molecule has 1 aliphatic rings. The van der Waals surface area contributed by atoms with Crippen LogP contribution in [0.4, 0.5) is 10.5 Å². The molecule has 1 fully saturated rings. The highest BCUT2D eigenvalue weighted by Crippen LogP contribution is 2.21. The van der Waals surface area contributed by atoms with Crippen molar-refractivity contribution in [2.75, 3.05) is 24.5 Å². The van der Waals surface area contributed by atoms with E-state index in [2.05, 4.69) is 26.0 Å². The van der Waals surface area contributed by atoms with Crippen molar-refractivity contribution in [3.05, 3.63) is 29.8 Å². The van der Waals surface area contributed by atoms with Gasteiger partial charge in [0.25, 0.3) is 0 Å². The van der Waals surface area contributed by atoms with Crippen molar-refractivity contribution in [3.63, 3.8) is 0 Å². The number of carbonyl (C=O) groups is 1. The number of aryl methyl sites for hydroxylation is 1. The molecule has 0 saturated carbocycles. The van der Waals surface area contributed by atoms with E-state index in [1.807, 2.05) is 28.9 Å². The van der Waals surface area contributed by atoms with Gasteiger partial charge in [-0.15, -0.1) is 0 Å². The second kappa shape index (κ2) is 6.09. The summed E-state index contributed by atoms with van der Waals surface area (Å²) < 4.78 is 0. The maximum Gasteiger partial charge on any atom is 0.324 e. The summed E-state index contributed by atoms with van der Waals surface area (Å²) in [6, 6.07) is 8.33. The summed E-state index contributed by atoms with van der Waals surface area (Å²) in [4.78, 5) is 16.4. The van der Waals surface area contributed by atoms with E-state index in [-0.39, 0.29) is 6.03 Å². The molecule has 3 heteroatoms. The Hall–Kier alpha value is -1.51. The predicted octanol–water partition coefficient (Wildman–Crippen LogP) is 3.67. The molecule has 1 heterocycles. The molecule has 104 valence electrons. The summed E-state index contributed by atoms with van der Waals surface area (Å²) in [5.74, 6) is 0.749. The summed E-state index contributed by atoms with van der Waals surface area (Å²) in [5, 5.41) is 0. The fourth-order valence-electron chi connectivity index (χ4n) is 2.52. The Morgan fingerprint density at radius 3 is 2.37 bits per heavy atom. The van der Waals surface area contributed by atoms with E-state index in [1.165, 1.54) is 5.56 Å². The molecule has 0 atom stereocenters. The van der Waals surface area contributed by atoms with Crippen molar-refractivity contribution < 1.29 is 4.79 Å². The van der Waals surface area contributed by atoms with E-state index in [4.69, 9.17) is 0 Å². The first-order chi connectivity index (χ1) is 9.11. The van der Waals surface area contributed by atoms with Gasteiger partial charge in [0.1, 0.15) is 0 Å². The van der Waals surface area contributed by atoms with Crippen LogP contribution in [0.3, 0.4) is 0 Å². The fourth-order valence-corrected chi connectivity index (χ4v) is 2.52. The van der Waals surface area contributed by atoms with E-state index >= 15 is 0 Å². The molecular weight excluding hydrogens is 236 g/mol. The monoisotopic (exact) mass is 260 g/mol. The molecule has 0 bridgehead atoms. The van der Waals surface area contributed by atoms with E-state index in [1.54, 1.807) is 0 Å². The molecule has 3 nitrogen and oxygen atoms in total. The molecular formula is C16H24N2O. The lowest BCUT2D eigenvalue weighted by molar-refractivity contribution is 0.180. The topological polar surface area (TPSA) is 23.6 Å². The van der Waals surface area contributed by atoms with Crippen molar-refractivity contribution in [1.82, 2.24) is 4.90 Å². The van der Waals surface area contributed by atoms with Gasteiger partial charge in [0.05, 0.1) is 0 Å². The first kappa shape index (κ1) is 13.9. The average molecular weight is 260 g/mol. The third-order valence-electron chi connectivity index (χ3n) is 3.95. The van der Waals surface area contributed by atoms with Gasteiger partial charge in [-0.2, -0.15) is 0 Å². The van der Waals surface area contributed by atoms with Gasteiger partial charge in [-0.05, 0) is 44.7 Å². The fraction of sp³-hybridized carbons (Fsp3) is 0.562. The summed E-state index contributed by atoms with van der Waals surface area (Å²) in [6.45, 7) is 8.86. The number of hydrogen-bond acceptors (Lipinski definition) is 1. The minimum atomic E-state index is 0.151. The number of carbonyl (C=O) groups excluding carboxylic acids is 1. The van der Waals surface area contributed by atoms with Gasteiger partial charge in [-0.1, -0.05) is 24.6 Å². The zero-order valence-electron chi connectivity index (χ0n) is 12.2. The lowest BCUT2D eigenvalue weighted by atomic mass is 9.99. The Morgan fingerprint density at radius 2 is 1.84 bits per heavy atom. The second-order valence-electron chi connectivity index (χ2n) is 5.53. The smallest absolute Gasteiger partial charge is 0.324 e. The number of anilines is 1. The number of hydrogen-bond donors (Lipinski definition) is 0. The molecule has 19 heavy (non-hydrogen) atoms. The predicted molar refractivity (Wildman–Crippen MR) is 79.6 cm³/mol. The van der Waals surface area contributed by atoms with Gasteiger partial charge in [0.2, 0.25) is 0 Å². The van der Waals surface area contributed by atoms with Crippen LogP contribution in [0.5, 0.6) is 0 Å². The number of likely N-dealkylation sites (tertiary alicyclic amines) is 1. The molecule has 0 spiro atoms. The number of amides is 2. The Bertz CT molecular complexity index is 419.